The molecule has 7 nitrogen and oxygen atoms in total. The monoisotopic (exact) mass is 530 g/mol. The molecular formula is C28H27ClN6OS. The topological polar surface area (TPSA) is 73.4 Å². The van der Waals surface area contributed by atoms with Gasteiger partial charge in [0.15, 0.2) is 0 Å². The van der Waals surface area contributed by atoms with Crippen molar-refractivity contribution in [3.8, 4) is 11.3 Å². The van der Waals surface area contributed by atoms with Crippen LogP contribution < -0.4 is 10.0 Å². The van der Waals surface area contributed by atoms with Crippen molar-refractivity contribution >= 4 is 46.8 Å². The van der Waals surface area contributed by atoms with Crippen molar-refractivity contribution in [2.45, 2.75) is 4.90 Å². The highest BCUT2D eigenvalue weighted by atomic mass is 35.5. The molecule has 0 aliphatic carbocycles. The molecule has 0 unspecified atom stereocenters. The Morgan fingerprint density at radius 1 is 0.865 bits per heavy atom. The first-order valence-electron chi connectivity index (χ1n) is 12.0. The zero-order valence-electron chi connectivity index (χ0n) is 20.4. The molecule has 1 aromatic heterocycles. The number of aromatic nitrogens is 2. The zero-order chi connectivity index (χ0) is 25.6. The molecule has 0 saturated carbocycles. The lowest BCUT2D eigenvalue weighted by molar-refractivity contribution is 0.0664. The minimum absolute atomic E-state index is 0.0721. The van der Waals surface area contributed by atoms with Crippen LogP contribution in [0.15, 0.2) is 90.0 Å². The molecule has 1 aliphatic rings. The number of hydrogen-bond donors (Lipinski definition) is 2. The second kappa shape index (κ2) is 11.6. The highest BCUT2D eigenvalue weighted by molar-refractivity contribution is 8.00. The Bertz CT molecular complexity index is 1340. The van der Waals surface area contributed by atoms with Gasteiger partial charge in [-0.15, -0.1) is 0 Å². The van der Waals surface area contributed by atoms with Crippen molar-refractivity contribution in [1.82, 2.24) is 19.8 Å². The Hall–Kier alpha value is -3.59. The number of rotatable bonds is 7. The normalized spacial score (nSPS) is 13.8. The molecule has 1 amide bonds. The largest absolute Gasteiger partial charge is 0.336 e. The molecule has 2 N–H and O–H groups in total. The van der Waals surface area contributed by atoms with Crippen molar-refractivity contribution in [2.75, 3.05) is 43.3 Å². The van der Waals surface area contributed by atoms with Crippen molar-refractivity contribution < 1.29 is 4.79 Å². The Morgan fingerprint density at radius 2 is 1.54 bits per heavy atom. The molecule has 2 heterocycles. The van der Waals surface area contributed by atoms with E-state index in [1.807, 2.05) is 83.8 Å². The Labute approximate surface area is 226 Å². The van der Waals surface area contributed by atoms with Crippen molar-refractivity contribution in [2.24, 2.45) is 0 Å². The summed E-state index contributed by atoms with van der Waals surface area (Å²) in [7, 11) is 2.08. The first kappa shape index (κ1) is 25.1. The lowest BCUT2D eigenvalue weighted by Crippen LogP contribution is -2.47. The minimum atomic E-state index is 0.0721. The van der Waals surface area contributed by atoms with Gasteiger partial charge < -0.3 is 19.8 Å². The predicted octanol–water partition coefficient (Wildman–Crippen LogP) is 6.05. The number of likely N-dealkylation sites (N-methyl/N-ethyl adjacent to an activating group) is 1. The van der Waals surface area contributed by atoms with Crippen LogP contribution in [0.25, 0.3) is 11.3 Å². The third kappa shape index (κ3) is 6.60. The minimum Gasteiger partial charge on any atom is -0.336 e. The van der Waals surface area contributed by atoms with Crippen LogP contribution in [0, 0.1) is 0 Å². The number of amides is 1. The number of carbonyl (C=O) groups is 1. The van der Waals surface area contributed by atoms with E-state index in [1.165, 1.54) is 11.9 Å². The Balaban J connectivity index is 1.19. The molecule has 0 atom stereocenters. The summed E-state index contributed by atoms with van der Waals surface area (Å²) in [5.41, 5.74) is 4.32. The fraction of sp³-hybridized carbons (Fsp3) is 0.179. The van der Waals surface area contributed by atoms with Gasteiger partial charge in [0.05, 0.1) is 5.69 Å². The number of halogens is 1. The lowest BCUT2D eigenvalue weighted by Gasteiger charge is -2.32. The fourth-order valence-electron chi connectivity index (χ4n) is 3.93. The molecule has 0 spiro atoms. The van der Waals surface area contributed by atoms with Gasteiger partial charge in [-0.3, -0.25) is 4.79 Å². The number of carbonyl (C=O) groups excluding carboxylic acids is 1. The quantitative estimate of drug-likeness (QED) is 0.282. The molecule has 4 aromatic rings. The highest BCUT2D eigenvalue weighted by Crippen LogP contribution is 2.26. The first-order chi connectivity index (χ1) is 18.0. The maximum Gasteiger partial charge on any atom is 0.253 e. The van der Waals surface area contributed by atoms with E-state index in [9.17, 15) is 4.79 Å². The van der Waals surface area contributed by atoms with Crippen LogP contribution in [0.5, 0.6) is 0 Å². The van der Waals surface area contributed by atoms with Crippen LogP contribution in [0.1, 0.15) is 10.4 Å². The van der Waals surface area contributed by atoms with Gasteiger partial charge in [0.25, 0.3) is 5.91 Å². The van der Waals surface area contributed by atoms with E-state index in [0.717, 1.165) is 53.7 Å². The summed E-state index contributed by atoms with van der Waals surface area (Å²) < 4.78 is 3.31. The molecule has 1 aliphatic heterocycles. The molecule has 9 heteroatoms. The highest BCUT2D eigenvalue weighted by Gasteiger charge is 2.20. The Kier molecular flexibility index (Phi) is 7.89. The zero-order valence-corrected chi connectivity index (χ0v) is 22.0. The molecular weight excluding hydrogens is 504 g/mol. The SMILES string of the molecule is CN1CCN(C(=O)c2ccc(Nc3nccc(-c4ccc(SNc5ccc(Cl)cc5)cc4)n3)cc2)CC1. The lowest BCUT2D eigenvalue weighted by atomic mass is 10.1. The van der Waals surface area contributed by atoms with Crippen molar-refractivity contribution in [3.05, 3.63) is 95.6 Å². The second-order valence-corrected chi connectivity index (χ2v) is 10.1. The van der Waals surface area contributed by atoms with Gasteiger partial charge in [0.1, 0.15) is 0 Å². The number of nitrogens with one attached hydrogen (secondary N) is 2. The summed E-state index contributed by atoms with van der Waals surface area (Å²) in [5, 5.41) is 3.96. The van der Waals surface area contributed by atoms with E-state index < -0.39 is 0 Å². The van der Waals surface area contributed by atoms with E-state index in [2.05, 4.69) is 32.0 Å². The number of benzene rings is 3. The van der Waals surface area contributed by atoms with E-state index in [4.69, 9.17) is 11.6 Å². The molecule has 3 aromatic carbocycles. The molecule has 0 radical (unpaired) electrons. The summed E-state index contributed by atoms with van der Waals surface area (Å²) in [4.78, 5) is 27.0. The number of piperazine rings is 1. The van der Waals surface area contributed by atoms with Crippen LogP contribution in [-0.4, -0.2) is 58.9 Å². The molecule has 1 saturated heterocycles. The molecule has 37 heavy (non-hydrogen) atoms. The number of anilines is 3. The third-order valence-corrected chi connectivity index (χ3v) is 7.21. The molecule has 5 rings (SSSR count). The Morgan fingerprint density at radius 3 is 2.24 bits per heavy atom. The van der Waals surface area contributed by atoms with Crippen LogP contribution in [-0.2, 0) is 0 Å². The fourth-order valence-corrected chi connectivity index (χ4v) is 4.70. The molecule has 188 valence electrons. The number of nitrogens with zero attached hydrogens (tertiary/aromatic N) is 4. The first-order valence-corrected chi connectivity index (χ1v) is 13.2. The standard InChI is InChI=1S/C28H27ClN6OS/c1-34-16-18-35(19-17-34)27(36)21-2-8-23(9-3-21)31-28-30-15-14-26(32-28)20-4-12-25(13-5-20)37-33-24-10-6-22(29)7-11-24/h2-15,33H,16-19H2,1H3,(H,30,31,32). The van der Waals surface area contributed by atoms with Gasteiger partial charge in [-0.25, -0.2) is 9.97 Å². The van der Waals surface area contributed by atoms with E-state index >= 15 is 0 Å². The summed E-state index contributed by atoms with van der Waals surface area (Å²) in [6.07, 6.45) is 1.74. The van der Waals surface area contributed by atoms with Crippen LogP contribution in [0.2, 0.25) is 5.02 Å². The average Bonchev–Trinajstić information content (AvgIpc) is 2.94. The predicted molar refractivity (Wildman–Crippen MR) is 152 cm³/mol. The average molecular weight is 531 g/mol. The summed E-state index contributed by atoms with van der Waals surface area (Å²) in [6, 6.07) is 25.1. The van der Waals surface area contributed by atoms with Crippen molar-refractivity contribution in [1.29, 1.82) is 0 Å². The van der Waals surface area contributed by atoms with Gasteiger partial charge in [0.2, 0.25) is 5.95 Å². The maximum absolute atomic E-state index is 12.8. The van der Waals surface area contributed by atoms with Gasteiger partial charge in [-0.05, 0) is 85.7 Å². The maximum atomic E-state index is 12.8. The van der Waals surface area contributed by atoms with E-state index in [0.29, 0.717) is 16.5 Å². The third-order valence-electron chi connectivity index (χ3n) is 6.12. The second-order valence-electron chi connectivity index (χ2n) is 8.80. The summed E-state index contributed by atoms with van der Waals surface area (Å²) in [5.74, 6) is 0.571. The van der Waals surface area contributed by atoms with Crippen molar-refractivity contribution in [3.63, 3.8) is 0 Å². The van der Waals surface area contributed by atoms with Gasteiger partial charge in [-0.1, -0.05) is 23.7 Å². The number of hydrogen-bond acceptors (Lipinski definition) is 7. The molecule has 0 bridgehead atoms. The molecule has 1 fully saturated rings. The summed E-state index contributed by atoms with van der Waals surface area (Å²) in [6.45, 7) is 3.32. The smallest absolute Gasteiger partial charge is 0.253 e. The van der Waals surface area contributed by atoms with E-state index in [-0.39, 0.29) is 5.91 Å². The van der Waals surface area contributed by atoms with Gasteiger partial charge in [-0.2, -0.15) is 0 Å². The van der Waals surface area contributed by atoms with Crippen LogP contribution in [0.3, 0.4) is 0 Å². The van der Waals surface area contributed by atoms with Crippen LogP contribution in [0.4, 0.5) is 17.3 Å². The van der Waals surface area contributed by atoms with Gasteiger partial charge in [0, 0.05) is 64.8 Å². The van der Waals surface area contributed by atoms with E-state index in [1.54, 1.807) is 6.20 Å². The summed E-state index contributed by atoms with van der Waals surface area (Å²) >= 11 is 7.48. The van der Waals surface area contributed by atoms with Crippen LogP contribution >= 0.6 is 23.5 Å². The van der Waals surface area contributed by atoms with Gasteiger partial charge >= 0.3 is 0 Å².